The van der Waals surface area contributed by atoms with Gasteiger partial charge in [-0.1, -0.05) is 41.9 Å². The monoisotopic (exact) mass is 409 g/mol. The van der Waals surface area contributed by atoms with Crippen LogP contribution in [0.3, 0.4) is 0 Å². The zero-order valence-electron chi connectivity index (χ0n) is 15.0. The summed E-state index contributed by atoms with van der Waals surface area (Å²) < 4.78 is 1.02. The highest BCUT2D eigenvalue weighted by Gasteiger charge is 2.59. The third-order valence-corrected chi connectivity index (χ3v) is 6.27. The van der Waals surface area contributed by atoms with Crippen LogP contribution in [-0.2, 0) is 11.2 Å². The summed E-state index contributed by atoms with van der Waals surface area (Å²) in [6.07, 6.45) is 0.667. The molecule has 0 radical (unpaired) electrons. The predicted molar refractivity (Wildman–Crippen MR) is 101 cm³/mol. The van der Waals surface area contributed by atoms with Gasteiger partial charge in [0.2, 0.25) is 0 Å². The van der Waals surface area contributed by atoms with Crippen molar-refractivity contribution in [3.8, 4) is 0 Å². The minimum Gasteiger partial charge on any atom is -0.396 e. The van der Waals surface area contributed by atoms with E-state index in [1.165, 1.54) is 0 Å². The Kier molecular flexibility index (Phi) is 5.41. The topological polar surface area (TPSA) is 60.8 Å². The molecule has 1 aliphatic heterocycles. The van der Waals surface area contributed by atoms with Crippen LogP contribution >= 0.6 is 15.9 Å². The number of carbonyl (C=O) groups excluding carboxylic acids is 1. The molecule has 2 N–H and O–H groups in total. The van der Waals surface area contributed by atoms with E-state index in [1.54, 1.807) is 0 Å². The molecule has 5 heteroatoms. The van der Waals surface area contributed by atoms with Gasteiger partial charge in [-0.2, -0.15) is 0 Å². The van der Waals surface area contributed by atoms with Gasteiger partial charge in [-0.05, 0) is 30.0 Å². The number of benzene rings is 1. The summed E-state index contributed by atoms with van der Waals surface area (Å²) in [4.78, 5) is 14.9. The molecule has 1 heterocycles. The second kappa shape index (κ2) is 7.10. The Balaban J connectivity index is 1.96. The average Bonchev–Trinajstić information content (AvgIpc) is 2.52. The van der Waals surface area contributed by atoms with Crippen LogP contribution in [0.15, 0.2) is 28.7 Å². The predicted octanol–water partition coefficient (Wildman–Crippen LogP) is 2.65. The Morgan fingerprint density at radius 2 is 1.80 bits per heavy atom. The Morgan fingerprint density at radius 1 is 1.20 bits per heavy atom. The van der Waals surface area contributed by atoms with Crippen LogP contribution in [0.2, 0.25) is 0 Å². The molecule has 0 amide bonds. The molecule has 3 rings (SSSR count). The number of nitrogens with zero attached hydrogens (tertiary/aromatic N) is 1. The molecule has 1 saturated heterocycles. The van der Waals surface area contributed by atoms with Gasteiger partial charge < -0.3 is 15.1 Å². The molecule has 2 aliphatic rings. The molecule has 0 spiro atoms. The normalized spacial score (nSPS) is 33.0. The van der Waals surface area contributed by atoms with Gasteiger partial charge in [0, 0.05) is 47.8 Å². The SMILES string of the molecule is CC(C)CN1C[C@]2(CO)CC(=O)C[C@](Cc3ccc(Br)cc3)(C1)C2O. The highest BCUT2D eigenvalue weighted by Crippen LogP contribution is 2.51. The molecule has 1 aromatic rings. The van der Waals surface area contributed by atoms with Gasteiger partial charge in [0.15, 0.2) is 0 Å². The number of halogens is 1. The third-order valence-electron chi connectivity index (χ3n) is 5.74. The molecule has 1 saturated carbocycles. The molecule has 25 heavy (non-hydrogen) atoms. The van der Waals surface area contributed by atoms with Gasteiger partial charge in [-0.3, -0.25) is 4.79 Å². The lowest BCUT2D eigenvalue weighted by Crippen LogP contribution is -2.68. The van der Waals surface area contributed by atoms with Crippen LogP contribution in [0.4, 0.5) is 0 Å². The fourth-order valence-electron chi connectivity index (χ4n) is 4.98. The van der Waals surface area contributed by atoms with Crippen molar-refractivity contribution < 1.29 is 15.0 Å². The molecule has 4 nitrogen and oxygen atoms in total. The van der Waals surface area contributed by atoms with Gasteiger partial charge in [-0.25, -0.2) is 0 Å². The van der Waals surface area contributed by atoms with Crippen LogP contribution in [-0.4, -0.2) is 53.2 Å². The Morgan fingerprint density at radius 3 is 2.40 bits per heavy atom. The molecule has 0 aromatic heterocycles. The lowest BCUT2D eigenvalue weighted by atomic mass is 9.55. The maximum atomic E-state index is 12.5. The van der Waals surface area contributed by atoms with E-state index in [9.17, 15) is 15.0 Å². The number of hydrogen-bond donors (Lipinski definition) is 2. The fourth-order valence-corrected chi connectivity index (χ4v) is 5.25. The maximum absolute atomic E-state index is 12.5. The zero-order chi connectivity index (χ0) is 18.2. The molecular formula is C20H28BrNO3. The first-order valence-corrected chi connectivity index (χ1v) is 9.85. The van der Waals surface area contributed by atoms with Crippen molar-refractivity contribution in [1.82, 2.24) is 4.90 Å². The van der Waals surface area contributed by atoms with Crippen molar-refractivity contribution in [3.05, 3.63) is 34.3 Å². The summed E-state index contributed by atoms with van der Waals surface area (Å²) in [5.41, 5.74) is -0.119. The summed E-state index contributed by atoms with van der Waals surface area (Å²) in [7, 11) is 0. The van der Waals surface area contributed by atoms with Crippen molar-refractivity contribution in [2.75, 3.05) is 26.2 Å². The van der Waals surface area contributed by atoms with Crippen molar-refractivity contribution in [2.45, 2.75) is 39.2 Å². The molecule has 3 atom stereocenters. The summed E-state index contributed by atoms with van der Waals surface area (Å²) in [5, 5.41) is 21.3. The summed E-state index contributed by atoms with van der Waals surface area (Å²) in [6, 6.07) is 8.09. The van der Waals surface area contributed by atoms with Crippen LogP contribution in [0.1, 0.15) is 32.3 Å². The number of rotatable bonds is 5. The smallest absolute Gasteiger partial charge is 0.134 e. The van der Waals surface area contributed by atoms with Crippen molar-refractivity contribution in [2.24, 2.45) is 16.7 Å². The number of aliphatic hydroxyl groups excluding tert-OH is 2. The largest absolute Gasteiger partial charge is 0.396 e. The van der Waals surface area contributed by atoms with E-state index in [0.29, 0.717) is 31.8 Å². The number of carbonyl (C=O) groups is 1. The van der Waals surface area contributed by atoms with Crippen molar-refractivity contribution >= 4 is 21.7 Å². The molecular weight excluding hydrogens is 382 g/mol. The summed E-state index contributed by atoms with van der Waals surface area (Å²) in [6.45, 7) is 6.44. The first-order chi connectivity index (χ1) is 11.8. The maximum Gasteiger partial charge on any atom is 0.134 e. The molecule has 2 bridgehead atoms. The second-order valence-corrected chi connectivity index (χ2v) is 9.46. The summed E-state index contributed by atoms with van der Waals surface area (Å²) in [5.74, 6) is 0.674. The van der Waals surface area contributed by atoms with E-state index in [1.807, 2.05) is 24.3 Å². The number of Topliss-reactive ketones (excluding diaryl/α,β-unsaturated/α-hetero) is 1. The number of piperidine rings is 1. The van der Waals surface area contributed by atoms with E-state index in [2.05, 4.69) is 34.7 Å². The number of fused-ring (bicyclic) bond motifs is 2. The van der Waals surface area contributed by atoms with Gasteiger partial charge in [-0.15, -0.1) is 0 Å². The van der Waals surface area contributed by atoms with Crippen LogP contribution in [0, 0.1) is 16.7 Å². The highest BCUT2D eigenvalue weighted by molar-refractivity contribution is 9.10. The number of hydrogen-bond acceptors (Lipinski definition) is 4. The minimum absolute atomic E-state index is 0.142. The number of likely N-dealkylation sites (tertiary alicyclic amines) is 1. The van der Waals surface area contributed by atoms with E-state index in [4.69, 9.17) is 0 Å². The molecule has 2 fully saturated rings. The van der Waals surface area contributed by atoms with E-state index in [0.717, 1.165) is 16.6 Å². The molecule has 1 aliphatic carbocycles. The summed E-state index contributed by atoms with van der Waals surface area (Å²) >= 11 is 3.45. The Hall–Kier alpha value is -0.750. The van der Waals surface area contributed by atoms with E-state index in [-0.39, 0.29) is 18.8 Å². The molecule has 1 unspecified atom stereocenters. The highest BCUT2D eigenvalue weighted by atomic mass is 79.9. The fraction of sp³-hybridized carbons (Fsp3) is 0.650. The Bertz CT molecular complexity index is 632. The third kappa shape index (κ3) is 3.70. The standard InChI is InChI=1S/C20H28BrNO3/c1-14(2)10-22-11-19(7-15-3-5-16(21)6-4-15)8-17(24)9-20(12-22,13-23)18(19)25/h3-6,14,18,23,25H,7-13H2,1-2H3/t18?,19-,20+/m1/s1. The minimum atomic E-state index is -0.724. The number of aliphatic hydroxyl groups is 2. The van der Waals surface area contributed by atoms with Crippen LogP contribution in [0.5, 0.6) is 0 Å². The van der Waals surface area contributed by atoms with Gasteiger partial charge in [0.1, 0.15) is 5.78 Å². The van der Waals surface area contributed by atoms with Crippen LogP contribution in [0.25, 0.3) is 0 Å². The first kappa shape index (κ1) is 19.0. The van der Waals surface area contributed by atoms with E-state index < -0.39 is 16.9 Å². The van der Waals surface area contributed by atoms with E-state index >= 15 is 0 Å². The van der Waals surface area contributed by atoms with Gasteiger partial charge >= 0.3 is 0 Å². The lowest BCUT2D eigenvalue weighted by molar-refractivity contribution is -0.186. The second-order valence-electron chi connectivity index (χ2n) is 8.54. The van der Waals surface area contributed by atoms with Gasteiger partial charge in [0.05, 0.1) is 12.7 Å². The zero-order valence-corrected chi connectivity index (χ0v) is 16.6. The Labute approximate surface area is 158 Å². The average molecular weight is 410 g/mol. The first-order valence-electron chi connectivity index (χ1n) is 9.06. The molecule has 138 valence electrons. The van der Waals surface area contributed by atoms with Crippen molar-refractivity contribution in [1.29, 1.82) is 0 Å². The quantitative estimate of drug-likeness (QED) is 0.784. The van der Waals surface area contributed by atoms with Crippen molar-refractivity contribution in [3.63, 3.8) is 0 Å². The van der Waals surface area contributed by atoms with Gasteiger partial charge in [0.25, 0.3) is 0 Å². The molecule has 1 aromatic carbocycles. The van der Waals surface area contributed by atoms with Crippen LogP contribution < -0.4 is 0 Å². The number of ketones is 1. The lowest BCUT2D eigenvalue weighted by Gasteiger charge is -2.58.